The molecule has 0 unspecified atom stereocenters. The number of amidine groups is 1. The van der Waals surface area contributed by atoms with E-state index in [1.54, 1.807) is 48.1 Å². The molecule has 4 aromatic rings. The molecule has 9 nitrogen and oxygen atoms in total. The van der Waals surface area contributed by atoms with E-state index in [0.717, 1.165) is 5.56 Å². The van der Waals surface area contributed by atoms with Crippen molar-refractivity contribution in [3.8, 4) is 5.75 Å². The molecule has 4 heterocycles. The molecule has 0 saturated carbocycles. The Morgan fingerprint density at radius 2 is 1.90 bits per heavy atom. The summed E-state index contributed by atoms with van der Waals surface area (Å²) in [5, 5.41) is 15.6. The summed E-state index contributed by atoms with van der Waals surface area (Å²) in [6.07, 6.45) is 3.32. The van der Waals surface area contributed by atoms with Crippen LogP contribution < -0.4 is 16.3 Å². The Kier molecular flexibility index (Phi) is 4.67. The Balaban J connectivity index is 1.65. The first-order valence-corrected chi connectivity index (χ1v) is 11.6. The molecule has 0 aliphatic carbocycles. The summed E-state index contributed by atoms with van der Waals surface area (Å²) < 4.78 is 26.9. The predicted molar refractivity (Wildman–Crippen MR) is 123 cm³/mol. The monoisotopic (exact) mass is 455 g/mol. The van der Waals surface area contributed by atoms with Crippen molar-refractivity contribution in [1.82, 2.24) is 9.66 Å². The number of hydrogen-bond donors (Lipinski definition) is 5. The van der Waals surface area contributed by atoms with Gasteiger partial charge in [0.05, 0.1) is 22.4 Å². The number of benzene rings is 1. The number of aromatic hydroxyl groups is 1. The van der Waals surface area contributed by atoms with Gasteiger partial charge in [-0.2, -0.15) is 0 Å². The van der Waals surface area contributed by atoms with Crippen LogP contribution in [0.4, 0.5) is 5.69 Å². The van der Waals surface area contributed by atoms with Crippen molar-refractivity contribution in [2.45, 2.75) is 11.4 Å². The van der Waals surface area contributed by atoms with Gasteiger partial charge >= 0.3 is 0 Å². The highest BCUT2D eigenvalue weighted by atomic mass is 32.3. The third-order valence-corrected chi connectivity index (χ3v) is 7.13. The number of pyridine rings is 2. The Hall–Kier alpha value is -3.38. The summed E-state index contributed by atoms with van der Waals surface area (Å²) in [4.78, 5) is 17.6. The van der Waals surface area contributed by atoms with E-state index in [9.17, 15) is 19.0 Å². The van der Waals surface area contributed by atoms with E-state index in [4.69, 9.17) is 0 Å². The smallest absolute Gasteiger partial charge is 0.284 e. The van der Waals surface area contributed by atoms with Crippen LogP contribution >= 0.6 is 22.1 Å². The second-order valence-electron chi connectivity index (χ2n) is 6.77. The minimum absolute atomic E-state index is 0.101. The third kappa shape index (κ3) is 3.33. The first-order valence-electron chi connectivity index (χ1n) is 9.18. The zero-order chi connectivity index (χ0) is 21.6. The summed E-state index contributed by atoms with van der Waals surface area (Å²) in [5.74, 6) is -0.367. The van der Waals surface area contributed by atoms with Gasteiger partial charge in [0.2, 0.25) is 0 Å². The van der Waals surface area contributed by atoms with Crippen molar-refractivity contribution in [3.63, 3.8) is 0 Å². The van der Waals surface area contributed by atoms with Crippen molar-refractivity contribution < 1.29 is 14.2 Å². The highest BCUT2D eigenvalue weighted by molar-refractivity contribution is 8.23. The molecule has 1 aromatic carbocycles. The van der Waals surface area contributed by atoms with Crippen molar-refractivity contribution in [3.05, 3.63) is 81.7 Å². The highest BCUT2D eigenvalue weighted by Crippen LogP contribution is 2.55. The molecule has 5 N–H and O–H groups in total. The number of hydrogen-bond acceptors (Lipinski definition) is 9. The molecule has 0 amide bonds. The summed E-state index contributed by atoms with van der Waals surface area (Å²) in [6, 6.07) is 12.0. The Labute approximate surface area is 181 Å². The number of fused-ring (bicyclic) bond motifs is 2. The van der Waals surface area contributed by atoms with Gasteiger partial charge in [-0.25, -0.2) is 4.68 Å². The van der Waals surface area contributed by atoms with Crippen molar-refractivity contribution in [1.29, 1.82) is 0 Å². The van der Waals surface area contributed by atoms with E-state index in [2.05, 4.69) is 20.1 Å². The van der Waals surface area contributed by atoms with Gasteiger partial charge in [-0.1, -0.05) is 22.9 Å². The van der Waals surface area contributed by atoms with Crippen LogP contribution in [0.5, 0.6) is 5.75 Å². The minimum atomic E-state index is -3.54. The van der Waals surface area contributed by atoms with Crippen molar-refractivity contribution in [2.24, 2.45) is 4.40 Å². The SMILES string of the molecule is O=c1c(C2=NS(O)(O)c3ccccc3N2)c(O)c2sccc2n1NCc1ccncc1. The number of rotatable bonds is 4. The first kappa shape index (κ1) is 19.6. The van der Waals surface area contributed by atoms with Crippen molar-refractivity contribution in [2.75, 3.05) is 10.7 Å². The first-order chi connectivity index (χ1) is 15.0. The number of para-hydroxylation sites is 1. The molecular weight excluding hydrogens is 438 g/mol. The quantitative estimate of drug-likeness (QED) is 0.316. The van der Waals surface area contributed by atoms with Gasteiger partial charge in [-0.05, 0) is 41.3 Å². The molecule has 1 aliphatic rings. The van der Waals surface area contributed by atoms with Gasteiger partial charge in [-0.3, -0.25) is 18.9 Å². The Morgan fingerprint density at radius 3 is 2.71 bits per heavy atom. The lowest BCUT2D eigenvalue weighted by Gasteiger charge is -2.34. The lowest BCUT2D eigenvalue weighted by atomic mass is 10.2. The van der Waals surface area contributed by atoms with E-state index in [-0.39, 0.29) is 22.0 Å². The molecule has 0 fully saturated rings. The highest BCUT2D eigenvalue weighted by Gasteiger charge is 2.30. The summed E-state index contributed by atoms with van der Waals surface area (Å²) in [6.45, 7) is 0.343. The van der Waals surface area contributed by atoms with Crippen LogP contribution in [0.3, 0.4) is 0 Å². The molecule has 5 rings (SSSR count). The van der Waals surface area contributed by atoms with Crippen LogP contribution in [0.25, 0.3) is 10.2 Å². The Bertz CT molecular complexity index is 1380. The van der Waals surface area contributed by atoms with Crippen LogP contribution in [0.2, 0.25) is 0 Å². The number of aromatic nitrogens is 2. The van der Waals surface area contributed by atoms with Gasteiger partial charge in [0.1, 0.15) is 10.5 Å². The number of nitrogens with zero attached hydrogens (tertiary/aromatic N) is 3. The van der Waals surface area contributed by atoms with Gasteiger partial charge in [0, 0.05) is 12.4 Å². The summed E-state index contributed by atoms with van der Waals surface area (Å²) >= 11 is 1.26. The van der Waals surface area contributed by atoms with Gasteiger partial charge < -0.3 is 15.8 Å². The molecule has 0 atom stereocenters. The normalized spacial score (nSPS) is 15.6. The second kappa shape index (κ2) is 7.39. The van der Waals surface area contributed by atoms with Crippen LogP contribution in [-0.2, 0) is 6.54 Å². The minimum Gasteiger partial charge on any atom is -0.505 e. The molecular formula is C20H17N5O4S2. The maximum Gasteiger partial charge on any atom is 0.284 e. The average molecular weight is 456 g/mol. The fourth-order valence-corrected chi connectivity index (χ4v) is 5.37. The molecule has 0 spiro atoms. The lowest BCUT2D eigenvalue weighted by Crippen LogP contribution is -2.35. The number of nitrogens with one attached hydrogen (secondary N) is 2. The van der Waals surface area contributed by atoms with Gasteiger partial charge in [0.25, 0.3) is 5.56 Å². The largest absolute Gasteiger partial charge is 0.505 e. The number of thiophene rings is 1. The summed E-state index contributed by atoms with van der Waals surface area (Å²) in [7, 11) is -3.54. The van der Waals surface area contributed by atoms with E-state index in [1.807, 2.05) is 12.1 Å². The summed E-state index contributed by atoms with van der Waals surface area (Å²) in [5.41, 5.74) is 4.19. The van der Waals surface area contributed by atoms with Crippen LogP contribution in [-0.4, -0.2) is 29.7 Å². The average Bonchev–Trinajstić information content (AvgIpc) is 3.24. The maximum atomic E-state index is 13.4. The Morgan fingerprint density at radius 1 is 1.13 bits per heavy atom. The zero-order valence-corrected chi connectivity index (χ0v) is 17.5. The molecule has 11 heteroatoms. The number of anilines is 1. The van der Waals surface area contributed by atoms with E-state index in [1.165, 1.54) is 16.0 Å². The van der Waals surface area contributed by atoms with Crippen LogP contribution in [0.15, 0.2) is 74.3 Å². The molecule has 0 saturated heterocycles. The topological polar surface area (TPSA) is 132 Å². The van der Waals surface area contributed by atoms with E-state index < -0.39 is 16.3 Å². The molecule has 3 aromatic heterocycles. The fraction of sp³-hybridized carbons (Fsp3) is 0.0500. The standard InChI is InChI=1S/C20H17N5O4S2/c26-17-16(19-23-13-3-1-2-4-15(13)31(28,29)24-19)20(27)25(14-7-10-30-18(14)17)22-11-12-5-8-21-9-6-12/h1-10,22,26,28-29H,11H2,(H,23,24). The van der Waals surface area contributed by atoms with Gasteiger partial charge in [0.15, 0.2) is 11.6 Å². The van der Waals surface area contributed by atoms with Crippen molar-refractivity contribution >= 4 is 43.9 Å². The van der Waals surface area contributed by atoms with E-state index >= 15 is 0 Å². The maximum absolute atomic E-state index is 13.4. The molecule has 158 valence electrons. The predicted octanol–water partition coefficient (Wildman–Crippen LogP) is 3.80. The molecule has 0 bridgehead atoms. The molecule has 0 radical (unpaired) electrons. The lowest BCUT2D eigenvalue weighted by molar-refractivity contribution is 0.479. The molecule has 1 aliphatic heterocycles. The van der Waals surface area contributed by atoms with Crippen LogP contribution in [0.1, 0.15) is 11.1 Å². The van der Waals surface area contributed by atoms with E-state index in [0.29, 0.717) is 22.4 Å². The molecule has 31 heavy (non-hydrogen) atoms. The van der Waals surface area contributed by atoms with Crippen LogP contribution in [0, 0.1) is 0 Å². The third-order valence-electron chi connectivity index (χ3n) is 4.84. The van der Waals surface area contributed by atoms with Gasteiger partial charge in [-0.15, -0.1) is 15.7 Å². The fourth-order valence-electron chi connectivity index (χ4n) is 3.38. The zero-order valence-electron chi connectivity index (χ0n) is 15.9. The second-order valence-corrected chi connectivity index (χ2v) is 9.35.